The van der Waals surface area contributed by atoms with Gasteiger partial charge in [-0.05, 0) is 49.7 Å². The fraction of sp³-hybridized carbons (Fsp3) is 0.167. The summed E-state index contributed by atoms with van der Waals surface area (Å²) in [6, 6.07) is 12.6. The molecule has 1 unspecified atom stereocenters. The molecule has 6 heteroatoms. The van der Waals surface area contributed by atoms with Crippen molar-refractivity contribution in [3.05, 3.63) is 59.1 Å². The Balaban J connectivity index is 1.65. The van der Waals surface area contributed by atoms with Gasteiger partial charge in [0.05, 0.1) is 21.3 Å². The summed E-state index contributed by atoms with van der Waals surface area (Å²) in [7, 11) is 0. The maximum Gasteiger partial charge on any atom is 0.338 e. The molecule has 3 aromatic rings. The number of benzene rings is 2. The molecule has 24 heavy (non-hydrogen) atoms. The van der Waals surface area contributed by atoms with Crippen molar-refractivity contribution in [3.8, 4) is 0 Å². The van der Waals surface area contributed by atoms with Crippen LogP contribution in [-0.4, -0.2) is 23.0 Å². The zero-order valence-corrected chi connectivity index (χ0v) is 14.1. The van der Waals surface area contributed by atoms with Gasteiger partial charge in [-0.15, -0.1) is 11.3 Å². The maximum atomic E-state index is 12.2. The quantitative estimate of drug-likeness (QED) is 0.734. The summed E-state index contributed by atoms with van der Waals surface area (Å²) in [5, 5.41) is 2.74. The van der Waals surface area contributed by atoms with E-state index in [0.29, 0.717) is 11.3 Å². The van der Waals surface area contributed by atoms with Gasteiger partial charge in [-0.1, -0.05) is 12.1 Å². The molecular weight excluding hydrogens is 324 g/mol. The number of carbonyl (C=O) groups excluding carboxylic acids is 2. The summed E-state index contributed by atoms with van der Waals surface area (Å²) in [6.45, 7) is 3.49. The zero-order valence-electron chi connectivity index (χ0n) is 13.3. The molecule has 1 atom stereocenters. The Morgan fingerprint density at radius 3 is 2.83 bits per heavy atom. The van der Waals surface area contributed by atoms with Crippen LogP contribution in [0.4, 0.5) is 5.69 Å². The van der Waals surface area contributed by atoms with E-state index in [9.17, 15) is 9.59 Å². The highest BCUT2D eigenvalue weighted by Gasteiger charge is 2.19. The van der Waals surface area contributed by atoms with Crippen molar-refractivity contribution in [3.63, 3.8) is 0 Å². The second-order valence-corrected chi connectivity index (χ2v) is 6.33. The molecule has 0 spiro atoms. The molecule has 0 aliphatic heterocycles. The van der Waals surface area contributed by atoms with Gasteiger partial charge in [-0.2, -0.15) is 0 Å². The van der Waals surface area contributed by atoms with Crippen molar-refractivity contribution in [1.82, 2.24) is 4.98 Å². The van der Waals surface area contributed by atoms with E-state index in [4.69, 9.17) is 4.74 Å². The standard InChI is InChI=1S/C18H16N2O3S/c1-11-4-3-5-14(8-11)20-17(21)12(2)23-18(22)13-6-7-15-16(9-13)24-10-19-15/h3-10,12H,1-2H3,(H,20,21). The number of carbonyl (C=O) groups is 2. The number of aryl methyl sites for hydroxylation is 1. The van der Waals surface area contributed by atoms with Crippen LogP contribution in [0.3, 0.4) is 0 Å². The zero-order chi connectivity index (χ0) is 17.1. The van der Waals surface area contributed by atoms with E-state index in [-0.39, 0.29) is 5.91 Å². The molecule has 1 heterocycles. The first-order chi connectivity index (χ1) is 11.5. The molecule has 122 valence electrons. The van der Waals surface area contributed by atoms with Crippen LogP contribution < -0.4 is 5.32 Å². The number of rotatable bonds is 4. The van der Waals surface area contributed by atoms with Gasteiger partial charge in [0, 0.05) is 5.69 Å². The maximum absolute atomic E-state index is 12.2. The van der Waals surface area contributed by atoms with E-state index in [2.05, 4.69) is 10.3 Å². The van der Waals surface area contributed by atoms with Crippen molar-refractivity contribution in [2.45, 2.75) is 20.0 Å². The van der Waals surface area contributed by atoms with Gasteiger partial charge in [0.15, 0.2) is 6.10 Å². The molecule has 0 fully saturated rings. The van der Waals surface area contributed by atoms with E-state index in [1.807, 2.05) is 25.1 Å². The Labute approximate surface area is 143 Å². The van der Waals surface area contributed by atoms with Gasteiger partial charge in [0.25, 0.3) is 5.91 Å². The molecule has 0 saturated heterocycles. The second-order valence-electron chi connectivity index (χ2n) is 5.44. The normalized spacial score (nSPS) is 11.9. The molecule has 1 N–H and O–H groups in total. The molecule has 5 nitrogen and oxygen atoms in total. The van der Waals surface area contributed by atoms with Crippen LogP contribution in [0.15, 0.2) is 48.0 Å². The minimum absolute atomic E-state index is 0.368. The number of amides is 1. The Hall–Kier alpha value is -2.73. The fourth-order valence-electron chi connectivity index (χ4n) is 2.23. The lowest BCUT2D eigenvalue weighted by atomic mass is 10.2. The van der Waals surface area contributed by atoms with Gasteiger partial charge in [0.1, 0.15) is 0 Å². The molecular formula is C18H16N2O3S. The summed E-state index contributed by atoms with van der Waals surface area (Å²) in [4.78, 5) is 28.5. The minimum atomic E-state index is -0.893. The number of ether oxygens (including phenoxy) is 1. The fourth-order valence-corrected chi connectivity index (χ4v) is 2.95. The SMILES string of the molecule is Cc1cccc(NC(=O)C(C)OC(=O)c2ccc3ncsc3c2)c1. The topological polar surface area (TPSA) is 68.3 Å². The van der Waals surface area contributed by atoms with Crippen LogP contribution in [0.2, 0.25) is 0 Å². The minimum Gasteiger partial charge on any atom is -0.449 e. The number of aromatic nitrogens is 1. The number of esters is 1. The number of hydrogen-bond donors (Lipinski definition) is 1. The molecule has 1 amide bonds. The highest BCUT2D eigenvalue weighted by Crippen LogP contribution is 2.20. The van der Waals surface area contributed by atoms with E-state index < -0.39 is 12.1 Å². The molecule has 0 radical (unpaired) electrons. The Bertz CT molecular complexity index is 904. The summed E-state index contributed by atoms with van der Waals surface area (Å²) in [5.41, 5.74) is 4.67. The van der Waals surface area contributed by atoms with Gasteiger partial charge in [0.2, 0.25) is 0 Å². The Kier molecular flexibility index (Phi) is 4.57. The van der Waals surface area contributed by atoms with Crippen LogP contribution in [0.1, 0.15) is 22.8 Å². The third-order valence-corrected chi connectivity index (χ3v) is 4.30. The van der Waals surface area contributed by atoms with E-state index in [1.54, 1.807) is 36.7 Å². The first-order valence-corrected chi connectivity index (χ1v) is 8.32. The molecule has 2 aromatic carbocycles. The first-order valence-electron chi connectivity index (χ1n) is 7.45. The number of nitrogens with one attached hydrogen (secondary N) is 1. The lowest BCUT2D eigenvalue weighted by Gasteiger charge is -2.14. The molecule has 0 aliphatic rings. The van der Waals surface area contributed by atoms with E-state index in [1.165, 1.54) is 11.3 Å². The first kappa shape index (κ1) is 16.1. The lowest BCUT2D eigenvalue weighted by molar-refractivity contribution is -0.123. The average Bonchev–Trinajstić information content (AvgIpc) is 3.02. The third kappa shape index (κ3) is 3.60. The number of anilines is 1. The number of hydrogen-bond acceptors (Lipinski definition) is 5. The third-order valence-electron chi connectivity index (χ3n) is 3.51. The molecule has 0 aliphatic carbocycles. The van der Waals surface area contributed by atoms with Gasteiger partial charge in [-0.25, -0.2) is 9.78 Å². The molecule has 0 bridgehead atoms. The van der Waals surface area contributed by atoms with Crippen molar-refractivity contribution < 1.29 is 14.3 Å². The summed E-state index contributed by atoms with van der Waals surface area (Å²) in [6.07, 6.45) is -0.893. The van der Waals surface area contributed by atoms with Crippen LogP contribution in [0.5, 0.6) is 0 Å². The highest BCUT2D eigenvalue weighted by molar-refractivity contribution is 7.16. The lowest BCUT2D eigenvalue weighted by Crippen LogP contribution is -2.30. The Morgan fingerprint density at radius 2 is 2.04 bits per heavy atom. The van der Waals surface area contributed by atoms with E-state index >= 15 is 0 Å². The summed E-state index contributed by atoms with van der Waals surface area (Å²) < 4.78 is 6.16. The van der Waals surface area contributed by atoms with Crippen LogP contribution >= 0.6 is 11.3 Å². The molecule has 0 saturated carbocycles. The van der Waals surface area contributed by atoms with Gasteiger partial charge < -0.3 is 10.1 Å². The van der Waals surface area contributed by atoms with Crippen LogP contribution in [0, 0.1) is 6.92 Å². The number of nitrogens with zero attached hydrogens (tertiary/aromatic N) is 1. The largest absolute Gasteiger partial charge is 0.449 e. The van der Waals surface area contributed by atoms with Crippen molar-refractivity contribution >= 4 is 39.1 Å². The van der Waals surface area contributed by atoms with Crippen molar-refractivity contribution in [2.75, 3.05) is 5.32 Å². The van der Waals surface area contributed by atoms with Crippen LogP contribution in [-0.2, 0) is 9.53 Å². The predicted molar refractivity (Wildman–Crippen MR) is 94.3 cm³/mol. The van der Waals surface area contributed by atoms with Crippen LogP contribution in [0.25, 0.3) is 10.2 Å². The second kappa shape index (κ2) is 6.80. The molecule has 1 aromatic heterocycles. The summed E-state index contributed by atoms with van der Waals surface area (Å²) in [5.74, 6) is -0.898. The number of fused-ring (bicyclic) bond motifs is 1. The highest BCUT2D eigenvalue weighted by atomic mass is 32.1. The van der Waals surface area contributed by atoms with E-state index in [0.717, 1.165) is 15.8 Å². The summed E-state index contributed by atoms with van der Waals surface area (Å²) >= 11 is 1.45. The smallest absolute Gasteiger partial charge is 0.338 e. The molecule has 3 rings (SSSR count). The Morgan fingerprint density at radius 1 is 1.21 bits per heavy atom. The van der Waals surface area contributed by atoms with Crippen molar-refractivity contribution in [2.24, 2.45) is 0 Å². The predicted octanol–water partition coefficient (Wildman–Crippen LogP) is 3.79. The van der Waals surface area contributed by atoms with Crippen molar-refractivity contribution in [1.29, 1.82) is 0 Å². The number of thiazole rings is 1. The van der Waals surface area contributed by atoms with Gasteiger partial charge in [-0.3, -0.25) is 4.79 Å². The van der Waals surface area contributed by atoms with Gasteiger partial charge >= 0.3 is 5.97 Å². The monoisotopic (exact) mass is 340 g/mol. The average molecular weight is 340 g/mol.